The van der Waals surface area contributed by atoms with Crippen LogP contribution in [0.1, 0.15) is 37.8 Å². The van der Waals surface area contributed by atoms with Gasteiger partial charge in [0, 0.05) is 18.6 Å². The van der Waals surface area contributed by atoms with Crippen molar-refractivity contribution in [3.8, 4) is 0 Å². The largest absolute Gasteiger partial charge is 0.393 e. The van der Waals surface area contributed by atoms with Crippen molar-refractivity contribution in [2.24, 2.45) is 11.7 Å². The third kappa shape index (κ3) is 3.98. The molecule has 1 heterocycles. The van der Waals surface area contributed by atoms with Gasteiger partial charge < -0.3 is 5.73 Å². The molecule has 1 aliphatic rings. The van der Waals surface area contributed by atoms with Crippen molar-refractivity contribution in [1.29, 1.82) is 0 Å². The van der Waals surface area contributed by atoms with Crippen molar-refractivity contribution in [2.75, 3.05) is 13.1 Å². The van der Waals surface area contributed by atoms with Gasteiger partial charge in [-0.15, -0.1) is 0 Å². The van der Waals surface area contributed by atoms with E-state index in [1.165, 1.54) is 0 Å². The summed E-state index contributed by atoms with van der Waals surface area (Å²) in [7, 11) is 0. The van der Waals surface area contributed by atoms with Gasteiger partial charge in [0.2, 0.25) is 0 Å². The Bertz CT molecular complexity index is 433. The number of halogens is 3. The zero-order valence-corrected chi connectivity index (χ0v) is 12.3. The van der Waals surface area contributed by atoms with Crippen LogP contribution in [-0.2, 0) is 0 Å². The summed E-state index contributed by atoms with van der Waals surface area (Å²) in [6, 6.07) is 9.34. The summed E-state index contributed by atoms with van der Waals surface area (Å²) >= 11 is 0. The molecule has 0 amide bonds. The fraction of sp³-hybridized carbons (Fsp3) is 0.625. The molecule has 1 aromatic rings. The van der Waals surface area contributed by atoms with E-state index >= 15 is 0 Å². The number of piperidine rings is 1. The summed E-state index contributed by atoms with van der Waals surface area (Å²) < 4.78 is 38.8. The van der Waals surface area contributed by atoms with E-state index in [2.05, 4.69) is 0 Å². The lowest BCUT2D eigenvalue weighted by Gasteiger charge is -2.41. The lowest BCUT2D eigenvalue weighted by molar-refractivity contribution is -0.189. The van der Waals surface area contributed by atoms with E-state index in [1.54, 1.807) is 0 Å². The second-order valence-electron chi connectivity index (χ2n) is 5.79. The molecule has 0 aromatic heterocycles. The van der Waals surface area contributed by atoms with Gasteiger partial charge in [0.05, 0.1) is 5.92 Å². The maximum Gasteiger partial charge on any atom is 0.393 e. The Labute approximate surface area is 124 Å². The van der Waals surface area contributed by atoms with Gasteiger partial charge in [-0.05, 0) is 31.4 Å². The van der Waals surface area contributed by atoms with Gasteiger partial charge >= 0.3 is 6.18 Å². The number of nitrogens with zero attached hydrogens (tertiary/aromatic N) is 1. The number of alkyl halides is 3. The van der Waals surface area contributed by atoms with Gasteiger partial charge in [0.15, 0.2) is 0 Å². The Morgan fingerprint density at radius 2 is 1.95 bits per heavy atom. The Hall–Kier alpha value is -1.07. The Balaban J connectivity index is 2.10. The molecule has 0 aliphatic carbocycles. The molecular formula is C16H23F3N2. The summed E-state index contributed by atoms with van der Waals surface area (Å²) in [5, 5.41) is 0. The molecule has 21 heavy (non-hydrogen) atoms. The molecule has 1 saturated heterocycles. The third-order valence-corrected chi connectivity index (χ3v) is 4.40. The van der Waals surface area contributed by atoms with Crippen molar-refractivity contribution in [3.63, 3.8) is 0 Å². The average molecular weight is 300 g/mol. The number of nitrogens with two attached hydrogens (primary N) is 1. The number of likely N-dealkylation sites (tertiary alicyclic amines) is 1. The van der Waals surface area contributed by atoms with Gasteiger partial charge in [-0.1, -0.05) is 37.3 Å². The zero-order chi connectivity index (χ0) is 15.5. The van der Waals surface area contributed by atoms with Crippen LogP contribution < -0.4 is 5.73 Å². The highest BCUT2D eigenvalue weighted by Gasteiger charge is 2.43. The predicted molar refractivity (Wildman–Crippen MR) is 77.8 cm³/mol. The molecule has 1 aliphatic heterocycles. The Morgan fingerprint density at radius 3 is 2.52 bits per heavy atom. The van der Waals surface area contributed by atoms with Gasteiger partial charge in [0.1, 0.15) is 0 Å². The minimum Gasteiger partial charge on any atom is -0.323 e. The summed E-state index contributed by atoms with van der Waals surface area (Å²) in [6.45, 7) is 2.76. The molecule has 0 radical (unpaired) electrons. The first kappa shape index (κ1) is 16.3. The van der Waals surface area contributed by atoms with Gasteiger partial charge in [-0.3, -0.25) is 4.90 Å². The summed E-state index contributed by atoms with van der Waals surface area (Å²) in [4.78, 5) is 1.93. The first-order valence-electron chi connectivity index (χ1n) is 7.54. The second kappa shape index (κ2) is 6.79. The van der Waals surface area contributed by atoms with E-state index in [1.807, 2.05) is 42.2 Å². The van der Waals surface area contributed by atoms with Crippen LogP contribution in [0.15, 0.2) is 30.3 Å². The molecule has 1 fully saturated rings. The molecule has 0 spiro atoms. The fourth-order valence-electron chi connectivity index (χ4n) is 3.21. The normalized spacial score (nSPS) is 23.8. The highest BCUT2D eigenvalue weighted by molar-refractivity contribution is 5.20. The summed E-state index contributed by atoms with van der Waals surface area (Å²) in [5.41, 5.74) is 7.30. The van der Waals surface area contributed by atoms with Crippen molar-refractivity contribution in [1.82, 2.24) is 4.90 Å². The van der Waals surface area contributed by atoms with E-state index in [0.717, 1.165) is 12.0 Å². The SMILES string of the molecule is CCC(C(N)c1ccccc1)N1CCCC(C(F)(F)F)C1. The van der Waals surface area contributed by atoms with E-state index in [9.17, 15) is 13.2 Å². The monoisotopic (exact) mass is 300 g/mol. The van der Waals surface area contributed by atoms with Crippen LogP contribution in [0.25, 0.3) is 0 Å². The number of rotatable bonds is 4. The van der Waals surface area contributed by atoms with Crippen LogP contribution in [-0.4, -0.2) is 30.2 Å². The fourth-order valence-corrected chi connectivity index (χ4v) is 3.21. The van der Waals surface area contributed by atoms with Crippen molar-refractivity contribution in [2.45, 2.75) is 44.4 Å². The lowest BCUT2D eigenvalue weighted by atomic mass is 9.91. The van der Waals surface area contributed by atoms with Crippen LogP contribution >= 0.6 is 0 Å². The number of hydrogen-bond donors (Lipinski definition) is 1. The topological polar surface area (TPSA) is 29.3 Å². The lowest BCUT2D eigenvalue weighted by Crippen LogP contribution is -2.50. The first-order valence-corrected chi connectivity index (χ1v) is 7.54. The van der Waals surface area contributed by atoms with E-state index in [0.29, 0.717) is 13.0 Å². The maximum atomic E-state index is 12.9. The van der Waals surface area contributed by atoms with Gasteiger partial charge in [-0.25, -0.2) is 0 Å². The van der Waals surface area contributed by atoms with Gasteiger partial charge in [-0.2, -0.15) is 13.2 Å². The number of hydrogen-bond acceptors (Lipinski definition) is 2. The average Bonchev–Trinajstić information content (AvgIpc) is 2.48. The van der Waals surface area contributed by atoms with Crippen LogP contribution in [0.5, 0.6) is 0 Å². The quantitative estimate of drug-likeness (QED) is 0.918. The molecule has 1 aromatic carbocycles. The van der Waals surface area contributed by atoms with Crippen molar-refractivity contribution < 1.29 is 13.2 Å². The van der Waals surface area contributed by atoms with Crippen LogP contribution in [0.2, 0.25) is 0 Å². The van der Waals surface area contributed by atoms with E-state index in [4.69, 9.17) is 5.73 Å². The van der Waals surface area contributed by atoms with Crippen LogP contribution in [0.4, 0.5) is 13.2 Å². The van der Waals surface area contributed by atoms with Crippen LogP contribution in [0, 0.1) is 5.92 Å². The molecule has 3 atom stereocenters. The van der Waals surface area contributed by atoms with Gasteiger partial charge in [0.25, 0.3) is 0 Å². The first-order chi connectivity index (χ1) is 9.93. The van der Waals surface area contributed by atoms with Crippen molar-refractivity contribution >= 4 is 0 Å². The number of benzene rings is 1. The van der Waals surface area contributed by atoms with E-state index < -0.39 is 12.1 Å². The third-order valence-electron chi connectivity index (χ3n) is 4.40. The molecule has 5 heteroatoms. The minimum absolute atomic E-state index is 0.0439. The predicted octanol–water partition coefficient (Wildman–Crippen LogP) is 3.74. The molecule has 2 nitrogen and oxygen atoms in total. The van der Waals surface area contributed by atoms with E-state index in [-0.39, 0.29) is 25.0 Å². The molecular weight excluding hydrogens is 277 g/mol. The summed E-state index contributed by atoms with van der Waals surface area (Å²) in [5.74, 6) is -1.22. The summed E-state index contributed by atoms with van der Waals surface area (Å²) in [6.07, 6.45) is -2.53. The van der Waals surface area contributed by atoms with Crippen molar-refractivity contribution in [3.05, 3.63) is 35.9 Å². The van der Waals surface area contributed by atoms with Crippen LogP contribution in [0.3, 0.4) is 0 Å². The Morgan fingerprint density at radius 1 is 1.29 bits per heavy atom. The second-order valence-corrected chi connectivity index (χ2v) is 5.79. The molecule has 2 N–H and O–H groups in total. The molecule has 3 unspecified atom stereocenters. The molecule has 118 valence electrons. The molecule has 0 saturated carbocycles. The smallest absolute Gasteiger partial charge is 0.323 e. The highest BCUT2D eigenvalue weighted by Crippen LogP contribution is 2.35. The highest BCUT2D eigenvalue weighted by atomic mass is 19.4. The Kier molecular flexibility index (Phi) is 5.27. The standard InChI is InChI=1S/C16H23F3N2/c1-2-14(15(20)12-7-4-3-5-8-12)21-10-6-9-13(11-21)16(17,18)19/h3-5,7-8,13-15H,2,6,9-11,20H2,1H3. The maximum absolute atomic E-state index is 12.9. The minimum atomic E-state index is -4.10. The molecule has 0 bridgehead atoms. The molecule has 2 rings (SSSR count). The zero-order valence-electron chi connectivity index (χ0n) is 12.3.